The van der Waals surface area contributed by atoms with Crippen LogP contribution < -0.4 is 0 Å². The summed E-state index contributed by atoms with van der Waals surface area (Å²) in [6, 6.07) is 0. The zero-order chi connectivity index (χ0) is 12.8. The van der Waals surface area contributed by atoms with Gasteiger partial charge in [0.2, 0.25) is 5.91 Å². The van der Waals surface area contributed by atoms with Gasteiger partial charge in [-0.05, 0) is 30.6 Å². The van der Waals surface area contributed by atoms with Gasteiger partial charge in [-0.25, -0.2) is 0 Å². The third-order valence-corrected chi connectivity index (χ3v) is 4.75. The molecule has 0 aromatic carbocycles. The van der Waals surface area contributed by atoms with Crippen molar-refractivity contribution in [3.05, 3.63) is 0 Å². The molecule has 1 saturated heterocycles. The number of methoxy groups -OCH3 is 1. The van der Waals surface area contributed by atoms with Gasteiger partial charge in [0.05, 0.1) is 7.11 Å². The van der Waals surface area contributed by atoms with Crippen molar-refractivity contribution in [3.63, 3.8) is 0 Å². The van der Waals surface area contributed by atoms with Crippen molar-refractivity contribution in [2.75, 3.05) is 20.7 Å². The molecule has 0 aromatic heterocycles. The van der Waals surface area contributed by atoms with E-state index in [0.29, 0.717) is 5.92 Å². The van der Waals surface area contributed by atoms with Crippen LogP contribution in [0, 0.1) is 23.2 Å². The molecular formula is C13H21NO3. The molecule has 2 rings (SSSR count). The molecular weight excluding hydrogens is 218 g/mol. The van der Waals surface area contributed by atoms with Crippen LogP contribution in [-0.2, 0) is 14.3 Å². The fraction of sp³-hybridized carbons (Fsp3) is 0.846. The predicted molar refractivity (Wildman–Crippen MR) is 63.1 cm³/mol. The zero-order valence-corrected chi connectivity index (χ0v) is 11.0. The van der Waals surface area contributed by atoms with Gasteiger partial charge in [0.15, 0.2) is 5.41 Å². The normalized spacial score (nSPS) is 41.3. The maximum atomic E-state index is 12.5. The quantitative estimate of drug-likeness (QED) is 0.512. The van der Waals surface area contributed by atoms with Crippen LogP contribution in [-0.4, -0.2) is 37.5 Å². The van der Waals surface area contributed by atoms with Gasteiger partial charge < -0.3 is 9.64 Å². The lowest BCUT2D eigenvalue weighted by atomic mass is 9.65. The molecule has 2 aliphatic rings. The number of carbonyl (C=O) groups excluding carboxylic acids is 2. The first kappa shape index (κ1) is 12.4. The number of likely N-dealkylation sites (tertiary alicyclic amines) is 1. The number of piperidine rings is 1. The minimum atomic E-state index is -0.916. The number of amides is 1. The summed E-state index contributed by atoms with van der Waals surface area (Å²) in [5, 5.41) is 0. The minimum absolute atomic E-state index is 0.0440. The van der Waals surface area contributed by atoms with E-state index in [1.165, 1.54) is 7.11 Å². The van der Waals surface area contributed by atoms with E-state index in [1.807, 2.05) is 6.92 Å². The maximum absolute atomic E-state index is 12.5. The van der Waals surface area contributed by atoms with Gasteiger partial charge in [0.25, 0.3) is 0 Å². The summed E-state index contributed by atoms with van der Waals surface area (Å²) >= 11 is 0. The van der Waals surface area contributed by atoms with Crippen molar-refractivity contribution >= 4 is 11.9 Å². The Kier molecular flexibility index (Phi) is 2.92. The monoisotopic (exact) mass is 239 g/mol. The Hall–Kier alpha value is -1.06. The molecule has 1 heterocycles. The van der Waals surface area contributed by atoms with Crippen LogP contribution in [0.4, 0.5) is 0 Å². The molecule has 4 heteroatoms. The average molecular weight is 239 g/mol. The van der Waals surface area contributed by atoms with Crippen LogP contribution in [0.5, 0.6) is 0 Å². The molecule has 1 unspecified atom stereocenters. The molecule has 0 N–H and O–H groups in total. The third-order valence-electron chi connectivity index (χ3n) is 4.75. The lowest BCUT2D eigenvalue weighted by Crippen LogP contribution is -2.59. The molecule has 96 valence electrons. The van der Waals surface area contributed by atoms with Gasteiger partial charge in [0.1, 0.15) is 0 Å². The van der Waals surface area contributed by atoms with Gasteiger partial charge in [-0.15, -0.1) is 0 Å². The molecule has 0 radical (unpaired) electrons. The molecule has 1 saturated carbocycles. The molecule has 2 fully saturated rings. The summed E-state index contributed by atoms with van der Waals surface area (Å²) in [5.74, 6) is 0.210. The molecule has 0 spiro atoms. The van der Waals surface area contributed by atoms with Crippen LogP contribution in [0.3, 0.4) is 0 Å². The van der Waals surface area contributed by atoms with E-state index in [2.05, 4.69) is 6.92 Å². The summed E-state index contributed by atoms with van der Waals surface area (Å²) < 4.78 is 4.95. The Morgan fingerprint density at radius 3 is 2.65 bits per heavy atom. The first-order valence-corrected chi connectivity index (χ1v) is 6.30. The number of hydrogen-bond donors (Lipinski definition) is 0. The molecule has 0 bridgehead atoms. The standard InChI is InChI=1S/C13H21NO3/c1-8-7-14(3)11(15)13(12(16)17-4)9(2)5-6-10(8)13/h8-10H,5-7H2,1-4H3/t8-,9?,10+,13-/m0/s1. The van der Waals surface area contributed by atoms with E-state index in [0.717, 1.165) is 19.4 Å². The molecule has 1 aliphatic carbocycles. The Labute approximate surface area is 102 Å². The molecule has 1 aliphatic heterocycles. The highest BCUT2D eigenvalue weighted by Gasteiger charge is 2.64. The van der Waals surface area contributed by atoms with E-state index in [-0.39, 0.29) is 23.7 Å². The average Bonchev–Trinajstić information content (AvgIpc) is 2.65. The topological polar surface area (TPSA) is 46.6 Å². The number of carbonyl (C=O) groups is 2. The van der Waals surface area contributed by atoms with Crippen molar-refractivity contribution in [2.24, 2.45) is 23.2 Å². The largest absolute Gasteiger partial charge is 0.468 e. The fourth-order valence-corrected chi connectivity index (χ4v) is 3.92. The second-order valence-electron chi connectivity index (χ2n) is 5.61. The summed E-state index contributed by atoms with van der Waals surface area (Å²) in [4.78, 5) is 26.4. The molecule has 4 atom stereocenters. The Morgan fingerprint density at radius 2 is 2.06 bits per heavy atom. The van der Waals surface area contributed by atoms with E-state index in [9.17, 15) is 9.59 Å². The highest BCUT2D eigenvalue weighted by molar-refractivity contribution is 6.04. The highest BCUT2D eigenvalue weighted by atomic mass is 16.5. The second-order valence-corrected chi connectivity index (χ2v) is 5.61. The molecule has 4 nitrogen and oxygen atoms in total. The maximum Gasteiger partial charge on any atom is 0.321 e. The number of fused-ring (bicyclic) bond motifs is 1. The first-order chi connectivity index (χ1) is 7.96. The number of rotatable bonds is 1. The fourth-order valence-electron chi connectivity index (χ4n) is 3.92. The summed E-state index contributed by atoms with van der Waals surface area (Å²) in [6.07, 6.45) is 1.89. The Balaban J connectivity index is 2.50. The smallest absolute Gasteiger partial charge is 0.321 e. The van der Waals surface area contributed by atoms with E-state index in [4.69, 9.17) is 4.74 Å². The van der Waals surface area contributed by atoms with Gasteiger partial charge in [-0.1, -0.05) is 13.8 Å². The van der Waals surface area contributed by atoms with Crippen molar-refractivity contribution < 1.29 is 14.3 Å². The van der Waals surface area contributed by atoms with Crippen LogP contribution in [0.2, 0.25) is 0 Å². The minimum Gasteiger partial charge on any atom is -0.468 e. The van der Waals surface area contributed by atoms with Crippen molar-refractivity contribution in [3.8, 4) is 0 Å². The van der Waals surface area contributed by atoms with Crippen molar-refractivity contribution in [2.45, 2.75) is 26.7 Å². The summed E-state index contributed by atoms with van der Waals surface area (Å²) in [7, 11) is 3.16. The van der Waals surface area contributed by atoms with Crippen LogP contribution in [0.1, 0.15) is 26.7 Å². The second kappa shape index (κ2) is 4.00. The number of nitrogens with zero attached hydrogens (tertiary/aromatic N) is 1. The van der Waals surface area contributed by atoms with E-state index < -0.39 is 5.41 Å². The van der Waals surface area contributed by atoms with Crippen molar-refractivity contribution in [1.82, 2.24) is 4.90 Å². The zero-order valence-electron chi connectivity index (χ0n) is 11.0. The van der Waals surface area contributed by atoms with Gasteiger partial charge >= 0.3 is 5.97 Å². The van der Waals surface area contributed by atoms with E-state index >= 15 is 0 Å². The summed E-state index contributed by atoms with van der Waals surface area (Å²) in [6.45, 7) is 4.87. The first-order valence-electron chi connectivity index (χ1n) is 6.30. The third kappa shape index (κ3) is 1.42. The number of hydrogen-bond acceptors (Lipinski definition) is 3. The predicted octanol–water partition coefficient (Wildman–Crippen LogP) is 1.30. The SMILES string of the molecule is COC(=O)[C@]12C(=O)N(C)C[C@H](C)[C@H]1CCC2C. The number of esters is 1. The van der Waals surface area contributed by atoms with E-state index in [1.54, 1.807) is 11.9 Å². The molecule has 0 aromatic rings. The van der Waals surface area contributed by atoms with Crippen LogP contribution >= 0.6 is 0 Å². The number of ether oxygens (including phenoxy) is 1. The van der Waals surface area contributed by atoms with Gasteiger partial charge in [-0.3, -0.25) is 9.59 Å². The Bertz CT molecular complexity index is 355. The highest BCUT2D eigenvalue weighted by Crippen LogP contribution is 2.54. The molecule has 17 heavy (non-hydrogen) atoms. The van der Waals surface area contributed by atoms with Crippen molar-refractivity contribution in [1.29, 1.82) is 0 Å². The van der Waals surface area contributed by atoms with Gasteiger partial charge in [0, 0.05) is 13.6 Å². The van der Waals surface area contributed by atoms with Crippen LogP contribution in [0.15, 0.2) is 0 Å². The Morgan fingerprint density at radius 1 is 1.41 bits per heavy atom. The molecule has 1 amide bonds. The van der Waals surface area contributed by atoms with Gasteiger partial charge in [-0.2, -0.15) is 0 Å². The van der Waals surface area contributed by atoms with Crippen LogP contribution in [0.25, 0.3) is 0 Å². The lowest BCUT2D eigenvalue weighted by molar-refractivity contribution is -0.175. The lowest BCUT2D eigenvalue weighted by Gasteiger charge is -2.45. The summed E-state index contributed by atoms with van der Waals surface area (Å²) in [5.41, 5.74) is -0.916.